The van der Waals surface area contributed by atoms with Gasteiger partial charge in [-0.3, -0.25) is 4.98 Å². The summed E-state index contributed by atoms with van der Waals surface area (Å²) in [6, 6.07) is 19.9. The minimum Gasteiger partial charge on any atom is -0.381 e. The maximum Gasteiger partial charge on any atom is 0.358 e. The van der Waals surface area contributed by atoms with Gasteiger partial charge in [-0.25, -0.2) is 23.5 Å². The van der Waals surface area contributed by atoms with Crippen molar-refractivity contribution in [1.29, 1.82) is 0 Å². The molecule has 1 saturated carbocycles. The SMILES string of the molecule is O=c1n(-c2ccccc2)c(=O)n2n1-c1c(nnn1Cc1ccc3ccccc3n1)C1(O)CCCCC21. The van der Waals surface area contributed by atoms with Crippen LogP contribution in [0, 0.1) is 0 Å². The Balaban J connectivity index is 1.46. The van der Waals surface area contributed by atoms with E-state index in [1.165, 1.54) is 9.36 Å². The number of rotatable bonds is 3. The van der Waals surface area contributed by atoms with Crippen LogP contribution in [0.3, 0.4) is 0 Å². The molecule has 10 nitrogen and oxygen atoms in total. The van der Waals surface area contributed by atoms with Crippen molar-refractivity contribution in [1.82, 2.24) is 33.9 Å². The van der Waals surface area contributed by atoms with E-state index >= 15 is 0 Å². The Morgan fingerprint density at radius 2 is 1.75 bits per heavy atom. The monoisotopic (exact) mass is 481 g/mol. The first-order valence-electron chi connectivity index (χ1n) is 12.1. The summed E-state index contributed by atoms with van der Waals surface area (Å²) in [5.41, 5.74) is -0.0167. The Kier molecular flexibility index (Phi) is 4.43. The molecule has 2 atom stereocenters. The molecule has 36 heavy (non-hydrogen) atoms. The van der Waals surface area contributed by atoms with Crippen molar-refractivity contribution in [3.05, 3.63) is 99.1 Å². The summed E-state index contributed by atoms with van der Waals surface area (Å²) in [6.45, 7) is 0.227. The van der Waals surface area contributed by atoms with Crippen molar-refractivity contribution in [3.63, 3.8) is 0 Å². The predicted molar refractivity (Wildman–Crippen MR) is 131 cm³/mol. The quantitative estimate of drug-likeness (QED) is 0.423. The van der Waals surface area contributed by atoms with Gasteiger partial charge in [0, 0.05) is 5.39 Å². The van der Waals surface area contributed by atoms with Gasteiger partial charge in [0.15, 0.2) is 5.82 Å². The fourth-order valence-electron chi connectivity index (χ4n) is 5.71. The lowest BCUT2D eigenvalue weighted by Crippen LogP contribution is -2.50. The van der Waals surface area contributed by atoms with Gasteiger partial charge in [0.25, 0.3) is 0 Å². The fourth-order valence-corrected chi connectivity index (χ4v) is 5.71. The number of para-hydroxylation sites is 2. The Bertz CT molecular complexity index is 1750. The molecule has 2 aromatic carbocycles. The number of hydrogen-bond acceptors (Lipinski definition) is 6. The van der Waals surface area contributed by atoms with Crippen molar-refractivity contribution in [2.75, 3.05) is 0 Å². The van der Waals surface area contributed by atoms with Gasteiger partial charge in [0.1, 0.15) is 11.3 Å². The van der Waals surface area contributed by atoms with E-state index in [1.54, 1.807) is 28.9 Å². The van der Waals surface area contributed by atoms with E-state index in [0.717, 1.165) is 34.0 Å². The average molecular weight is 482 g/mol. The third-order valence-electron chi connectivity index (χ3n) is 7.41. The number of benzene rings is 2. The van der Waals surface area contributed by atoms with E-state index in [4.69, 9.17) is 4.98 Å². The van der Waals surface area contributed by atoms with Crippen molar-refractivity contribution < 1.29 is 5.11 Å². The number of fused-ring (bicyclic) bond motifs is 7. The van der Waals surface area contributed by atoms with Crippen LogP contribution in [0.4, 0.5) is 0 Å². The average Bonchev–Trinajstić information content (AvgIpc) is 3.43. The molecule has 0 amide bonds. The first-order valence-corrected chi connectivity index (χ1v) is 12.1. The zero-order chi connectivity index (χ0) is 24.4. The standard InChI is InChI=1S/C26H23N7O3/c34-24-31(19-9-2-1-3-10-19)25(35)33-23-22(26(36)15-7-6-12-21(26)32(24)33)28-29-30(23)16-18-14-13-17-8-4-5-11-20(17)27-18/h1-5,8-11,13-14,21,36H,6-7,12,15-16H2. The fraction of sp³-hybridized carbons (Fsp3) is 0.269. The maximum absolute atomic E-state index is 13.8. The summed E-state index contributed by atoms with van der Waals surface area (Å²) in [6.07, 6.45) is 2.64. The second kappa shape index (κ2) is 7.59. The van der Waals surface area contributed by atoms with E-state index in [2.05, 4.69) is 10.3 Å². The molecule has 2 aliphatic rings. The van der Waals surface area contributed by atoms with Gasteiger partial charge in [0.05, 0.1) is 29.5 Å². The van der Waals surface area contributed by atoms with Gasteiger partial charge in [0.2, 0.25) is 0 Å². The molecule has 0 bridgehead atoms. The van der Waals surface area contributed by atoms with Crippen molar-refractivity contribution >= 4 is 10.9 Å². The summed E-state index contributed by atoms with van der Waals surface area (Å²) in [4.78, 5) is 32.2. The zero-order valence-electron chi connectivity index (χ0n) is 19.4. The van der Waals surface area contributed by atoms with Gasteiger partial charge < -0.3 is 5.11 Å². The van der Waals surface area contributed by atoms with E-state index in [0.29, 0.717) is 30.0 Å². The molecule has 3 aromatic heterocycles. The highest BCUT2D eigenvalue weighted by Crippen LogP contribution is 2.47. The molecule has 0 radical (unpaired) electrons. The Labute approximate surface area is 204 Å². The molecule has 1 N–H and O–H groups in total. The first-order chi connectivity index (χ1) is 17.6. The highest BCUT2D eigenvalue weighted by atomic mass is 16.3. The lowest BCUT2D eigenvalue weighted by molar-refractivity contribution is -0.0659. The normalized spacial score (nSPS) is 20.6. The molecule has 10 heteroatoms. The number of hydrogen-bond donors (Lipinski definition) is 1. The second-order valence-electron chi connectivity index (χ2n) is 9.49. The summed E-state index contributed by atoms with van der Waals surface area (Å²) in [5, 5.41) is 21.6. The maximum atomic E-state index is 13.8. The summed E-state index contributed by atoms with van der Waals surface area (Å²) in [7, 11) is 0. The number of aromatic nitrogens is 7. The lowest BCUT2D eigenvalue weighted by atomic mass is 9.77. The third kappa shape index (κ3) is 2.84. The topological polar surface area (TPSA) is 113 Å². The van der Waals surface area contributed by atoms with Crippen molar-refractivity contribution in [2.45, 2.75) is 43.9 Å². The largest absolute Gasteiger partial charge is 0.381 e. The molecule has 1 fully saturated rings. The predicted octanol–water partition coefficient (Wildman–Crippen LogP) is 2.29. The highest BCUT2D eigenvalue weighted by molar-refractivity contribution is 5.78. The van der Waals surface area contributed by atoms with Crippen LogP contribution in [-0.4, -0.2) is 39.0 Å². The minimum absolute atomic E-state index is 0.227. The third-order valence-corrected chi connectivity index (χ3v) is 7.41. The van der Waals surface area contributed by atoms with Crippen LogP contribution >= 0.6 is 0 Å². The van der Waals surface area contributed by atoms with Gasteiger partial charge in [-0.15, -0.1) is 5.10 Å². The van der Waals surface area contributed by atoms with Crippen molar-refractivity contribution in [2.24, 2.45) is 0 Å². The molecule has 4 heterocycles. The number of aliphatic hydroxyl groups is 1. The molecule has 0 saturated heterocycles. The minimum atomic E-state index is -1.39. The van der Waals surface area contributed by atoms with Crippen LogP contribution < -0.4 is 11.4 Å². The van der Waals surface area contributed by atoms with E-state index in [-0.39, 0.29) is 6.54 Å². The summed E-state index contributed by atoms with van der Waals surface area (Å²) in [5.74, 6) is 0.308. The Morgan fingerprint density at radius 3 is 2.61 bits per heavy atom. The molecule has 5 aromatic rings. The van der Waals surface area contributed by atoms with Gasteiger partial charge >= 0.3 is 11.4 Å². The number of pyridine rings is 1. The summed E-state index contributed by atoms with van der Waals surface area (Å²) < 4.78 is 5.46. The van der Waals surface area contributed by atoms with Crippen LogP contribution in [0.5, 0.6) is 0 Å². The zero-order valence-corrected chi connectivity index (χ0v) is 19.4. The second-order valence-corrected chi connectivity index (χ2v) is 9.49. The molecular formula is C26H23N7O3. The molecule has 180 valence electrons. The van der Waals surface area contributed by atoms with E-state index < -0.39 is 23.0 Å². The van der Waals surface area contributed by atoms with Gasteiger partial charge in [-0.1, -0.05) is 60.5 Å². The molecule has 1 aliphatic carbocycles. The molecular weight excluding hydrogens is 458 g/mol. The van der Waals surface area contributed by atoms with E-state index in [9.17, 15) is 14.7 Å². The smallest absolute Gasteiger partial charge is 0.358 e. The highest BCUT2D eigenvalue weighted by Gasteiger charge is 2.52. The summed E-state index contributed by atoms with van der Waals surface area (Å²) >= 11 is 0. The lowest BCUT2D eigenvalue weighted by Gasteiger charge is -2.42. The van der Waals surface area contributed by atoms with E-state index in [1.807, 2.05) is 42.5 Å². The number of nitrogens with zero attached hydrogens (tertiary/aromatic N) is 7. The van der Waals surface area contributed by atoms with Crippen LogP contribution in [-0.2, 0) is 12.1 Å². The van der Waals surface area contributed by atoms with Crippen LogP contribution in [0.25, 0.3) is 22.4 Å². The van der Waals surface area contributed by atoms with Crippen LogP contribution in [0.1, 0.15) is 43.1 Å². The van der Waals surface area contributed by atoms with Crippen LogP contribution in [0.2, 0.25) is 0 Å². The molecule has 2 unspecified atom stereocenters. The van der Waals surface area contributed by atoms with Gasteiger partial charge in [-0.2, -0.15) is 4.68 Å². The van der Waals surface area contributed by atoms with Crippen LogP contribution in [0.15, 0.2) is 76.3 Å². The molecule has 1 aliphatic heterocycles. The van der Waals surface area contributed by atoms with Crippen molar-refractivity contribution in [3.8, 4) is 11.5 Å². The molecule has 0 spiro atoms. The first kappa shape index (κ1) is 21.0. The molecule has 7 rings (SSSR count). The Hall–Kier alpha value is -4.31. The van der Waals surface area contributed by atoms with Gasteiger partial charge in [-0.05, 0) is 37.1 Å². The Morgan fingerprint density at radius 1 is 0.944 bits per heavy atom.